The van der Waals surface area contributed by atoms with Crippen LogP contribution in [0.3, 0.4) is 0 Å². The minimum absolute atomic E-state index is 0.0903. The van der Waals surface area contributed by atoms with Gasteiger partial charge in [0.2, 0.25) is 0 Å². The zero-order valence-electron chi connectivity index (χ0n) is 6.76. The molecule has 0 aromatic heterocycles. The van der Waals surface area contributed by atoms with Crippen LogP contribution in [0.5, 0.6) is 0 Å². The van der Waals surface area contributed by atoms with Gasteiger partial charge in [0.1, 0.15) is 0 Å². The van der Waals surface area contributed by atoms with Gasteiger partial charge in [0.25, 0.3) is 0 Å². The molecule has 0 amide bonds. The Hall–Kier alpha value is -0.680. The molecule has 0 saturated heterocycles. The van der Waals surface area contributed by atoms with Crippen molar-refractivity contribution in [3.05, 3.63) is 12.7 Å². The fraction of sp³-hybridized carbons (Fsp3) is 0.714. The first kappa shape index (κ1) is 12.3. The Morgan fingerprint density at radius 1 is 1.00 bits per heavy atom. The zero-order valence-corrected chi connectivity index (χ0v) is 6.76. The molecule has 0 aromatic rings. The third kappa shape index (κ3) is 1.81. The van der Waals surface area contributed by atoms with Crippen LogP contribution in [0.2, 0.25) is 0 Å². The molecule has 0 aliphatic carbocycles. The van der Waals surface area contributed by atoms with Crippen LogP contribution < -0.4 is 0 Å². The Balaban J connectivity index is 5.30. The lowest BCUT2D eigenvalue weighted by Gasteiger charge is -2.33. The molecule has 0 radical (unpaired) electrons. The molecule has 78 valence electrons. The van der Waals surface area contributed by atoms with Crippen molar-refractivity contribution in [3.63, 3.8) is 0 Å². The standard InChI is InChI=1S/C7H8F6/c1-3-5(4-2,6(8,9)10)7(11,12)13/h3H,1,4H2,2H3. The van der Waals surface area contributed by atoms with E-state index in [1.165, 1.54) is 0 Å². The van der Waals surface area contributed by atoms with Gasteiger partial charge in [-0.05, 0) is 6.42 Å². The van der Waals surface area contributed by atoms with Gasteiger partial charge in [-0.15, -0.1) is 6.58 Å². The fourth-order valence-electron chi connectivity index (χ4n) is 0.937. The molecule has 0 atom stereocenters. The van der Waals surface area contributed by atoms with Gasteiger partial charge in [0, 0.05) is 0 Å². The Morgan fingerprint density at radius 2 is 1.31 bits per heavy atom. The lowest BCUT2D eigenvalue weighted by atomic mass is 9.84. The van der Waals surface area contributed by atoms with E-state index in [4.69, 9.17) is 0 Å². The first-order chi connectivity index (χ1) is 5.62. The molecule has 0 rings (SSSR count). The third-order valence-electron chi connectivity index (χ3n) is 1.92. The summed E-state index contributed by atoms with van der Waals surface area (Å²) in [6.45, 7) is 3.42. The smallest absolute Gasteiger partial charge is 0.170 e. The molecule has 0 spiro atoms. The van der Waals surface area contributed by atoms with Gasteiger partial charge in [-0.3, -0.25) is 0 Å². The van der Waals surface area contributed by atoms with Gasteiger partial charge in [0.05, 0.1) is 0 Å². The number of halogens is 6. The van der Waals surface area contributed by atoms with Crippen molar-refractivity contribution in [2.45, 2.75) is 25.7 Å². The van der Waals surface area contributed by atoms with E-state index in [1.54, 1.807) is 0 Å². The van der Waals surface area contributed by atoms with E-state index in [0.717, 1.165) is 6.92 Å². The summed E-state index contributed by atoms with van der Waals surface area (Å²) in [6.07, 6.45) is -11.9. The van der Waals surface area contributed by atoms with E-state index >= 15 is 0 Å². The summed E-state index contributed by atoms with van der Waals surface area (Å²) in [5.41, 5.74) is -3.78. The highest BCUT2D eigenvalue weighted by Gasteiger charge is 2.67. The summed E-state index contributed by atoms with van der Waals surface area (Å²) < 4.78 is 72.5. The normalized spacial score (nSPS) is 14.4. The number of rotatable bonds is 2. The Kier molecular flexibility index (Phi) is 3.06. The van der Waals surface area contributed by atoms with E-state index in [2.05, 4.69) is 6.58 Å². The minimum atomic E-state index is -5.35. The largest absolute Gasteiger partial charge is 0.406 e. The first-order valence-corrected chi connectivity index (χ1v) is 3.39. The summed E-state index contributed by atoms with van der Waals surface area (Å²) in [5, 5.41) is 0. The van der Waals surface area contributed by atoms with Gasteiger partial charge in [-0.2, -0.15) is 26.3 Å². The quantitative estimate of drug-likeness (QED) is 0.477. The van der Waals surface area contributed by atoms with Crippen molar-refractivity contribution in [1.29, 1.82) is 0 Å². The first-order valence-electron chi connectivity index (χ1n) is 3.39. The molecule has 0 unspecified atom stereocenters. The van der Waals surface area contributed by atoms with Crippen LogP contribution in [-0.2, 0) is 0 Å². The highest BCUT2D eigenvalue weighted by Crippen LogP contribution is 2.53. The Morgan fingerprint density at radius 3 is 1.31 bits per heavy atom. The van der Waals surface area contributed by atoms with Crippen LogP contribution >= 0.6 is 0 Å². The maximum absolute atomic E-state index is 12.1. The lowest BCUT2D eigenvalue weighted by Crippen LogP contribution is -2.47. The monoisotopic (exact) mass is 206 g/mol. The Bertz CT molecular complexity index is 172. The van der Waals surface area contributed by atoms with Crippen molar-refractivity contribution in [2.75, 3.05) is 0 Å². The second kappa shape index (κ2) is 3.23. The maximum atomic E-state index is 12.1. The van der Waals surface area contributed by atoms with Crippen LogP contribution in [-0.4, -0.2) is 12.4 Å². The Labute approximate surface area is 71.2 Å². The van der Waals surface area contributed by atoms with E-state index in [0.29, 0.717) is 0 Å². The molecule has 0 aliphatic rings. The summed E-state index contributed by atoms with van der Waals surface area (Å²) in [7, 11) is 0. The average molecular weight is 206 g/mol. The van der Waals surface area contributed by atoms with E-state index < -0.39 is 24.2 Å². The highest BCUT2D eigenvalue weighted by molar-refractivity contribution is 5.04. The average Bonchev–Trinajstić information content (AvgIpc) is 1.84. The predicted molar refractivity (Wildman–Crippen MR) is 35.0 cm³/mol. The summed E-state index contributed by atoms with van der Waals surface area (Å²) in [4.78, 5) is 0. The lowest BCUT2D eigenvalue weighted by molar-refractivity contribution is -0.322. The van der Waals surface area contributed by atoms with Gasteiger partial charge in [-0.1, -0.05) is 13.0 Å². The van der Waals surface area contributed by atoms with Crippen LogP contribution in [0, 0.1) is 5.41 Å². The van der Waals surface area contributed by atoms with E-state index in [1.807, 2.05) is 0 Å². The SMILES string of the molecule is C=CC(CC)(C(F)(F)F)C(F)(F)F. The van der Waals surface area contributed by atoms with Crippen molar-refractivity contribution in [1.82, 2.24) is 0 Å². The van der Waals surface area contributed by atoms with Crippen molar-refractivity contribution in [3.8, 4) is 0 Å². The topological polar surface area (TPSA) is 0 Å². The zero-order chi connectivity index (χ0) is 10.9. The molecule has 0 bridgehead atoms. The predicted octanol–water partition coefficient (Wildman–Crippen LogP) is 3.69. The molecule has 0 nitrogen and oxygen atoms in total. The fourth-order valence-corrected chi connectivity index (χ4v) is 0.937. The molecule has 0 saturated carbocycles. The molecule has 0 aliphatic heterocycles. The van der Waals surface area contributed by atoms with Crippen LogP contribution in [0.1, 0.15) is 13.3 Å². The second-order valence-electron chi connectivity index (χ2n) is 2.52. The van der Waals surface area contributed by atoms with Gasteiger partial charge >= 0.3 is 12.4 Å². The number of allylic oxidation sites excluding steroid dienone is 1. The molecular weight excluding hydrogens is 198 g/mol. The van der Waals surface area contributed by atoms with Crippen molar-refractivity contribution in [2.24, 2.45) is 5.41 Å². The van der Waals surface area contributed by atoms with Crippen LogP contribution in [0.4, 0.5) is 26.3 Å². The molecule has 0 fully saturated rings. The molecule has 13 heavy (non-hydrogen) atoms. The molecule has 0 N–H and O–H groups in total. The van der Waals surface area contributed by atoms with Crippen LogP contribution in [0.25, 0.3) is 0 Å². The summed E-state index contributed by atoms with van der Waals surface area (Å²) >= 11 is 0. The maximum Gasteiger partial charge on any atom is 0.406 e. The van der Waals surface area contributed by atoms with Crippen molar-refractivity contribution < 1.29 is 26.3 Å². The van der Waals surface area contributed by atoms with Crippen molar-refractivity contribution >= 4 is 0 Å². The molecule has 0 heterocycles. The second-order valence-corrected chi connectivity index (χ2v) is 2.52. The summed E-state index contributed by atoms with van der Waals surface area (Å²) in [5.74, 6) is 0. The summed E-state index contributed by atoms with van der Waals surface area (Å²) in [6, 6.07) is 0. The van der Waals surface area contributed by atoms with Gasteiger partial charge in [-0.25, -0.2) is 0 Å². The van der Waals surface area contributed by atoms with Gasteiger partial charge < -0.3 is 0 Å². The molecular formula is C7H8F6. The van der Waals surface area contributed by atoms with Crippen LogP contribution in [0.15, 0.2) is 12.7 Å². The minimum Gasteiger partial charge on any atom is -0.170 e. The van der Waals surface area contributed by atoms with E-state index in [9.17, 15) is 26.3 Å². The third-order valence-corrected chi connectivity index (χ3v) is 1.92. The number of hydrogen-bond donors (Lipinski definition) is 0. The molecule has 0 aromatic carbocycles. The number of alkyl halides is 6. The van der Waals surface area contributed by atoms with Gasteiger partial charge in [0.15, 0.2) is 5.41 Å². The van der Waals surface area contributed by atoms with E-state index in [-0.39, 0.29) is 6.08 Å². The number of hydrogen-bond acceptors (Lipinski definition) is 0. The molecule has 6 heteroatoms. The highest BCUT2D eigenvalue weighted by atomic mass is 19.4.